The third kappa shape index (κ3) is 7.16. The van der Waals surface area contributed by atoms with Crippen LogP contribution in [-0.4, -0.2) is 31.1 Å². The van der Waals surface area contributed by atoms with Crippen LogP contribution in [0.15, 0.2) is 0 Å². The summed E-state index contributed by atoms with van der Waals surface area (Å²) >= 11 is 0. The second-order valence-electron chi connectivity index (χ2n) is 2.66. The molecule has 0 aliphatic carbocycles. The second kappa shape index (κ2) is 8.88. The van der Waals surface area contributed by atoms with Gasteiger partial charge in [0.15, 0.2) is 0 Å². The summed E-state index contributed by atoms with van der Waals surface area (Å²) in [7, 11) is 2.12. The van der Waals surface area contributed by atoms with Gasteiger partial charge in [-0.1, -0.05) is 0 Å². The van der Waals surface area contributed by atoms with Crippen molar-refractivity contribution in [2.24, 2.45) is 5.73 Å². The number of halogens is 3. The summed E-state index contributed by atoms with van der Waals surface area (Å²) in [6.07, 6.45) is 2.49. The molecular weight excluding hydrogens is 206 g/mol. The Balaban J connectivity index is -0.000000213. The molecule has 0 amide bonds. The summed E-state index contributed by atoms with van der Waals surface area (Å²) in [5.74, 6) is 0. The third-order valence-corrected chi connectivity index (χ3v) is 1.66. The zero-order chi connectivity index (χ0) is 5.98. The van der Waals surface area contributed by atoms with Gasteiger partial charge in [0.25, 0.3) is 0 Å². The van der Waals surface area contributed by atoms with Crippen LogP contribution in [0.1, 0.15) is 12.8 Å². The molecule has 1 aliphatic heterocycles. The fourth-order valence-electron chi connectivity index (χ4n) is 1.21. The Bertz CT molecular complexity index is 74.2. The number of hydrogen-bond acceptors (Lipinski definition) is 2. The first-order valence-electron chi connectivity index (χ1n) is 3.23. The van der Waals surface area contributed by atoms with Gasteiger partial charge in [-0.25, -0.2) is 0 Å². The highest BCUT2D eigenvalue weighted by Crippen LogP contribution is 2.04. The van der Waals surface area contributed by atoms with Crippen molar-refractivity contribution < 1.29 is 0 Å². The zero-order valence-electron chi connectivity index (χ0n) is 6.66. The number of nitrogens with two attached hydrogens (primary N) is 1. The maximum atomic E-state index is 5.68. The minimum Gasteiger partial charge on any atom is -0.327 e. The molecule has 2 nitrogen and oxygen atoms in total. The molecule has 1 saturated heterocycles. The van der Waals surface area contributed by atoms with E-state index in [1.807, 2.05) is 0 Å². The van der Waals surface area contributed by atoms with Crippen LogP contribution in [0.3, 0.4) is 0 Å². The zero-order valence-corrected chi connectivity index (χ0v) is 9.10. The lowest BCUT2D eigenvalue weighted by molar-refractivity contribution is 0.252. The smallest absolute Gasteiger partial charge is 0.0168 e. The van der Waals surface area contributed by atoms with Crippen LogP contribution in [0.25, 0.3) is 0 Å². The van der Waals surface area contributed by atoms with Crippen LogP contribution >= 0.6 is 37.2 Å². The fraction of sp³-hybridized carbons (Fsp3) is 1.00. The van der Waals surface area contributed by atoms with Gasteiger partial charge < -0.3 is 10.6 Å². The lowest BCUT2D eigenvalue weighted by atomic mass is 10.1. The van der Waals surface area contributed by atoms with Crippen LogP contribution in [0.4, 0.5) is 0 Å². The molecule has 1 heterocycles. The van der Waals surface area contributed by atoms with Crippen molar-refractivity contribution in [2.75, 3.05) is 20.1 Å². The molecule has 0 spiro atoms. The summed E-state index contributed by atoms with van der Waals surface area (Å²) < 4.78 is 0. The summed E-state index contributed by atoms with van der Waals surface area (Å²) in [5, 5.41) is 0. The fourth-order valence-corrected chi connectivity index (χ4v) is 1.21. The molecule has 0 aromatic rings. The first-order valence-corrected chi connectivity index (χ1v) is 3.23. The molecule has 0 radical (unpaired) electrons. The molecule has 1 fully saturated rings. The van der Waals surface area contributed by atoms with E-state index in [-0.39, 0.29) is 37.2 Å². The lowest BCUT2D eigenvalue weighted by Gasteiger charge is -2.26. The van der Waals surface area contributed by atoms with Crippen LogP contribution < -0.4 is 5.73 Å². The normalized spacial score (nSPS) is 24.0. The summed E-state index contributed by atoms with van der Waals surface area (Å²) in [6, 6.07) is 0.439. The Morgan fingerprint density at radius 3 is 2.09 bits per heavy atom. The van der Waals surface area contributed by atoms with Crippen molar-refractivity contribution in [1.29, 1.82) is 0 Å². The van der Waals surface area contributed by atoms with Crippen molar-refractivity contribution >= 4 is 37.2 Å². The Morgan fingerprint density at radius 2 is 1.82 bits per heavy atom. The van der Waals surface area contributed by atoms with E-state index in [9.17, 15) is 0 Å². The molecule has 0 aromatic heterocycles. The first kappa shape index (κ1) is 17.8. The van der Waals surface area contributed by atoms with Gasteiger partial charge in [0.05, 0.1) is 0 Å². The molecule has 5 heteroatoms. The standard InChI is InChI=1S/C6H14N2.3ClH/c1-8-4-2-3-6(7)5-8;;;/h6H,2-5,7H2,1H3;3*1H/t6-;;;/m1.../s1. The van der Waals surface area contributed by atoms with Gasteiger partial charge in [-0.15, -0.1) is 37.2 Å². The summed E-state index contributed by atoms with van der Waals surface area (Å²) in [4.78, 5) is 2.29. The molecule has 1 rings (SSSR count). The van der Waals surface area contributed by atoms with Crippen LogP contribution in [0.2, 0.25) is 0 Å². The lowest BCUT2D eigenvalue weighted by Crippen LogP contribution is -2.40. The monoisotopic (exact) mass is 222 g/mol. The highest BCUT2D eigenvalue weighted by molar-refractivity contribution is 5.86. The molecule has 11 heavy (non-hydrogen) atoms. The molecule has 72 valence electrons. The van der Waals surface area contributed by atoms with E-state index >= 15 is 0 Å². The number of rotatable bonds is 0. The van der Waals surface area contributed by atoms with Crippen molar-refractivity contribution in [3.63, 3.8) is 0 Å². The van der Waals surface area contributed by atoms with E-state index in [4.69, 9.17) is 5.73 Å². The van der Waals surface area contributed by atoms with Gasteiger partial charge >= 0.3 is 0 Å². The maximum Gasteiger partial charge on any atom is 0.0168 e. The van der Waals surface area contributed by atoms with Crippen molar-refractivity contribution in [2.45, 2.75) is 18.9 Å². The summed E-state index contributed by atoms with van der Waals surface area (Å²) in [5.41, 5.74) is 5.68. The predicted octanol–water partition coefficient (Wildman–Crippen LogP) is 1.30. The Kier molecular flexibility index (Phi) is 14.3. The number of piperidine rings is 1. The van der Waals surface area contributed by atoms with Crippen molar-refractivity contribution in [1.82, 2.24) is 4.90 Å². The van der Waals surface area contributed by atoms with E-state index < -0.39 is 0 Å². The molecule has 2 N–H and O–H groups in total. The molecule has 0 aromatic carbocycles. The molecular formula is C6H17Cl3N2. The van der Waals surface area contributed by atoms with E-state index in [2.05, 4.69) is 11.9 Å². The van der Waals surface area contributed by atoms with Gasteiger partial charge in [0, 0.05) is 12.6 Å². The highest BCUT2D eigenvalue weighted by atomic mass is 35.5. The van der Waals surface area contributed by atoms with Crippen molar-refractivity contribution in [3.8, 4) is 0 Å². The average Bonchev–Trinajstić information content (AvgIpc) is 1.64. The quantitative estimate of drug-likeness (QED) is 0.671. The molecule has 0 bridgehead atoms. The van der Waals surface area contributed by atoms with Crippen LogP contribution in [0, 0.1) is 0 Å². The number of likely N-dealkylation sites (N-methyl/N-ethyl adjacent to an activating group) is 1. The van der Waals surface area contributed by atoms with Gasteiger partial charge in [-0.3, -0.25) is 0 Å². The number of nitrogens with zero attached hydrogens (tertiary/aromatic N) is 1. The average molecular weight is 224 g/mol. The Labute approximate surface area is 87.1 Å². The Hall–Kier alpha value is 0.790. The number of likely N-dealkylation sites (tertiary alicyclic amines) is 1. The third-order valence-electron chi connectivity index (χ3n) is 1.66. The van der Waals surface area contributed by atoms with Gasteiger partial charge in [0.1, 0.15) is 0 Å². The number of hydrogen-bond donors (Lipinski definition) is 1. The molecule has 0 unspecified atom stereocenters. The highest BCUT2D eigenvalue weighted by Gasteiger charge is 2.11. The first-order chi connectivity index (χ1) is 3.79. The maximum absolute atomic E-state index is 5.68. The van der Waals surface area contributed by atoms with Gasteiger partial charge in [-0.05, 0) is 26.4 Å². The molecule has 1 aliphatic rings. The van der Waals surface area contributed by atoms with E-state index in [0.29, 0.717) is 6.04 Å². The minimum absolute atomic E-state index is 0. The topological polar surface area (TPSA) is 29.3 Å². The minimum atomic E-state index is 0. The second-order valence-corrected chi connectivity index (χ2v) is 2.66. The van der Waals surface area contributed by atoms with Gasteiger partial charge in [0.2, 0.25) is 0 Å². The van der Waals surface area contributed by atoms with Gasteiger partial charge in [-0.2, -0.15) is 0 Å². The predicted molar refractivity (Wildman–Crippen MR) is 56.5 cm³/mol. The molecule has 1 atom stereocenters. The van der Waals surface area contributed by atoms with E-state index in [1.165, 1.54) is 19.4 Å². The van der Waals surface area contributed by atoms with E-state index in [0.717, 1.165) is 6.54 Å². The Morgan fingerprint density at radius 1 is 1.27 bits per heavy atom. The van der Waals surface area contributed by atoms with E-state index in [1.54, 1.807) is 0 Å². The largest absolute Gasteiger partial charge is 0.327 e. The van der Waals surface area contributed by atoms with Crippen LogP contribution in [0.5, 0.6) is 0 Å². The van der Waals surface area contributed by atoms with Crippen molar-refractivity contribution in [3.05, 3.63) is 0 Å². The molecule has 0 saturated carbocycles. The van der Waals surface area contributed by atoms with Crippen LogP contribution in [-0.2, 0) is 0 Å². The summed E-state index contributed by atoms with van der Waals surface area (Å²) in [6.45, 7) is 2.31. The SMILES string of the molecule is CN1CCC[C@@H](N)C1.Cl.Cl.Cl.